The van der Waals surface area contributed by atoms with Gasteiger partial charge < -0.3 is 15.6 Å². The summed E-state index contributed by atoms with van der Waals surface area (Å²) in [5.41, 5.74) is 6.40. The van der Waals surface area contributed by atoms with Crippen molar-refractivity contribution >= 4 is 17.3 Å². The molecule has 0 spiro atoms. The second-order valence-electron chi connectivity index (χ2n) is 4.21. The number of rotatable bonds is 5. The molecule has 0 heterocycles. The van der Waals surface area contributed by atoms with Gasteiger partial charge in [0.15, 0.2) is 18.0 Å². The van der Waals surface area contributed by atoms with E-state index in [0.717, 1.165) is 5.56 Å². The molecule has 0 saturated heterocycles. The predicted octanol–water partition coefficient (Wildman–Crippen LogP) is 2.31. The molecular weight excluding hydrogens is 276 g/mol. The van der Waals surface area contributed by atoms with Crippen molar-refractivity contribution in [1.82, 2.24) is 0 Å². The van der Waals surface area contributed by atoms with Crippen LogP contribution in [0.2, 0.25) is 0 Å². The first-order valence-electron chi connectivity index (χ1n) is 5.97. The molecule has 0 aliphatic heterocycles. The summed E-state index contributed by atoms with van der Waals surface area (Å²) in [4.78, 5) is 21.0. The molecule has 0 aliphatic rings. The number of carbonyl (C=O) groups is 1. The maximum absolute atomic E-state index is 11.0. The van der Waals surface area contributed by atoms with Crippen LogP contribution in [0.15, 0.2) is 42.5 Å². The van der Waals surface area contributed by atoms with Gasteiger partial charge in [0, 0.05) is 6.07 Å². The molecule has 0 amide bonds. The van der Waals surface area contributed by atoms with E-state index < -0.39 is 17.5 Å². The van der Waals surface area contributed by atoms with Crippen molar-refractivity contribution in [1.29, 1.82) is 0 Å². The van der Waals surface area contributed by atoms with Crippen LogP contribution in [0.1, 0.15) is 0 Å². The van der Waals surface area contributed by atoms with Crippen LogP contribution in [0.5, 0.6) is 5.75 Å². The van der Waals surface area contributed by atoms with Gasteiger partial charge in [-0.25, -0.2) is 4.79 Å². The summed E-state index contributed by atoms with van der Waals surface area (Å²) in [6.45, 7) is -0.625. The Kier molecular flexibility index (Phi) is 4.03. The van der Waals surface area contributed by atoms with E-state index in [1.54, 1.807) is 24.3 Å². The van der Waals surface area contributed by atoms with Gasteiger partial charge in [0.1, 0.15) is 0 Å². The number of aliphatic carboxylic acids is 1. The Labute approximate surface area is 119 Å². The Hall–Kier alpha value is -3.09. The van der Waals surface area contributed by atoms with E-state index in [2.05, 4.69) is 0 Å². The van der Waals surface area contributed by atoms with E-state index in [1.807, 2.05) is 6.07 Å². The van der Waals surface area contributed by atoms with Gasteiger partial charge in [-0.2, -0.15) is 0 Å². The molecule has 7 nitrogen and oxygen atoms in total. The second kappa shape index (κ2) is 5.91. The van der Waals surface area contributed by atoms with E-state index in [9.17, 15) is 14.9 Å². The monoisotopic (exact) mass is 288 g/mol. The zero-order valence-corrected chi connectivity index (χ0v) is 10.9. The lowest BCUT2D eigenvalue weighted by Gasteiger charge is -2.10. The average Bonchev–Trinajstić information content (AvgIpc) is 2.46. The van der Waals surface area contributed by atoms with Gasteiger partial charge in [-0.1, -0.05) is 30.3 Å². The minimum absolute atomic E-state index is 0.0227. The first kappa shape index (κ1) is 14.3. The van der Waals surface area contributed by atoms with Crippen LogP contribution >= 0.6 is 0 Å². The number of carboxylic acids is 1. The zero-order chi connectivity index (χ0) is 15.4. The lowest BCUT2D eigenvalue weighted by atomic mass is 10.0. The molecule has 0 aromatic heterocycles. The summed E-state index contributed by atoms with van der Waals surface area (Å²) in [7, 11) is 0. The third kappa shape index (κ3) is 3.27. The highest BCUT2D eigenvalue weighted by Crippen LogP contribution is 2.37. The SMILES string of the molecule is Nc1c(OCC(=O)O)cc(-c2ccccc2)cc1[N+](=O)[O-]. The highest BCUT2D eigenvalue weighted by molar-refractivity contribution is 5.78. The largest absolute Gasteiger partial charge is 0.479 e. The second-order valence-corrected chi connectivity index (χ2v) is 4.21. The lowest BCUT2D eigenvalue weighted by Crippen LogP contribution is -2.11. The smallest absolute Gasteiger partial charge is 0.341 e. The summed E-state index contributed by atoms with van der Waals surface area (Å²) in [5, 5.41) is 19.7. The predicted molar refractivity (Wildman–Crippen MR) is 76.1 cm³/mol. The number of nitro groups is 1. The molecule has 0 bridgehead atoms. The summed E-state index contributed by atoms with van der Waals surface area (Å²) in [6, 6.07) is 11.8. The Bertz CT molecular complexity index is 685. The summed E-state index contributed by atoms with van der Waals surface area (Å²) in [5.74, 6) is -1.22. The Morgan fingerprint density at radius 1 is 1.24 bits per heavy atom. The number of carboxylic acid groups (broad SMARTS) is 1. The van der Waals surface area contributed by atoms with Crippen LogP contribution in [-0.2, 0) is 4.79 Å². The first-order chi connectivity index (χ1) is 9.99. The van der Waals surface area contributed by atoms with E-state index in [4.69, 9.17) is 15.6 Å². The van der Waals surface area contributed by atoms with E-state index in [1.165, 1.54) is 12.1 Å². The number of nitrogens with zero attached hydrogens (tertiary/aromatic N) is 1. The van der Waals surface area contributed by atoms with E-state index >= 15 is 0 Å². The Morgan fingerprint density at radius 3 is 2.48 bits per heavy atom. The highest BCUT2D eigenvalue weighted by Gasteiger charge is 2.19. The molecule has 0 aliphatic carbocycles. The zero-order valence-electron chi connectivity index (χ0n) is 10.9. The van der Waals surface area contributed by atoms with Gasteiger partial charge in [0.25, 0.3) is 5.69 Å². The third-order valence-corrected chi connectivity index (χ3v) is 2.78. The molecule has 0 radical (unpaired) electrons. The van der Waals surface area contributed by atoms with Crippen LogP contribution < -0.4 is 10.5 Å². The Balaban J connectivity index is 2.51. The van der Waals surface area contributed by atoms with Gasteiger partial charge >= 0.3 is 5.97 Å². The number of benzene rings is 2. The fourth-order valence-electron chi connectivity index (χ4n) is 1.82. The third-order valence-electron chi connectivity index (χ3n) is 2.78. The number of nitro benzene ring substituents is 1. The van der Waals surface area contributed by atoms with Crippen LogP contribution in [0.4, 0.5) is 11.4 Å². The van der Waals surface area contributed by atoms with Crippen molar-refractivity contribution in [3.8, 4) is 16.9 Å². The van der Waals surface area contributed by atoms with Gasteiger partial charge in [0.05, 0.1) is 4.92 Å². The number of hydrogen-bond acceptors (Lipinski definition) is 5. The fourth-order valence-corrected chi connectivity index (χ4v) is 1.82. The molecule has 0 fully saturated rings. The normalized spacial score (nSPS) is 10.1. The summed E-state index contributed by atoms with van der Waals surface area (Å²) in [6.07, 6.45) is 0. The number of nitrogens with two attached hydrogens (primary N) is 1. The molecule has 0 atom stereocenters. The van der Waals surface area contributed by atoms with E-state index in [0.29, 0.717) is 5.56 Å². The van der Waals surface area contributed by atoms with Crippen molar-refractivity contribution in [2.24, 2.45) is 0 Å². The quantitative estimate of drug-likeness (QED) is 0.495. The van der Waals surface area contributed by atoms with Crippen molar-refractivity contribution in [3.63, 3.8) is 0 Å². The van der Waals surface area contributed by atoms with Gasteiger partial charge in [-0.15, -0.1) is 0 Å². The van der Waals surface area contributed by atoms with Crippen LogP contribution in [0.3, 0.4) is 0 Å². The van der Waals surface area contributed by atoms with Crippen molar-refractivity contribution in [2.75, 3.05) is 12.3 Å². The van der Waals surface area contributed by atoms with Crippen LogP contribution in [0, 0.1) is 10.1 Å². The molecule has 21 heavy (non-hydrogen) atoms. The molecule has 2 rings (SSSR count). The van der Waals surface area contributed by atoms with Crippen LogP contribution in [0.25, 0.3) is 11.1 Å². The number of nitrogen functional groups attached to an aromatic ring is 1. The molecule has 108 valence electrons. The van der Waals surface area contributed by atoms with Crippen molar-refractivity contribution in [3.05, 3.63) is 52.6 Å². The maximum Gasteiger partial charge on any atom is 0.341 e. The summed E-state index contributed by atoms with van der Waals surface area (Å²) < 4.78 is 5.02. The van der Waals surface area contributed by atoms with E-state index in [-0.39, 0.29) is 17.1 Å². The average molecular weight is 288 g/mol. The topological polar surface area (TPSA) is 116 Å². The number of hydrogen-bond donors (Lipinski definition) is 2. The highest BCUT2D eigenvalue weighted by atomic mass is 16.6. The van der Waals surface area contributed by atoms with Crippen LogP contribution in [-0.4, -0.2) is 22.6 Å². The number of anilines is 1. The van der Waals surface area contributed by atoms with Gasteiger partial charge in [-0.05, 0) is 17.2 Å². The molecule has 2 aromatic carbocycles. The van der Waals surface area contributed by atoms with Gasteiger partial charge in [0.2, 0.25) is 0 Å². The number of ether oxygens (including phenoxy) is 1. The first-order valence-corrected chi connectivity index (χ1v) is 5.97. The standard InChI is InChI=1S/C14H12N2O5/c15-14-11(16(19)20)6-10(9-4-2-1-3-5-9)7-12(14)21-8-13(17)18/h1-7H,8,15H2,(H,17,18). The maximum atomic E-state index is 11.0. The minimum atomic E-state index is -1.19. The minimum Gasteiger partial charge on any atom is -0.479 e. The lowest BCUT2D eigenvalue weighted by molar-refractivity contribution is -0.383. The molecule has 3 N–H and O–H groups in total. The molecule has 0 unspecified atom stereocenters. The van der Waals surface area contributed by atoms with Gasteiger partial charge in [-0.3, -0.25) is 10.1 Å². The molecule has 0 saturated carbocycles. The van der Waals surface area contributed by atoms with Crippen molar-refractivity contribution < 1.29 is 19.6 Å². The fraction of sp³-hybridized carbons (Fsp3) is 0.0714. The molecule has 7 heteroatoms. The Morgan fingerprint density at radius 2 is 1.90 bits per heavy atom. The summed E-state index contributed by atoms with van der Waals surface area (Å²) >= 11 is 0. The molecular formula is C14H12N2O5. The van der Waals surface area contributed by atoms with Crippen molar-refractivity contribution in [2.45, 2.75) is 0 Å². The molecule has 2 aromatic rings.